The molecule has 0 bridgehead atoms. The number of hydrogen-bond donors (Lipinski definition) is 11. The van der Waals surface area contributed by atoms with Gasteiger partial charge in [-0.1, -0.05) is 75.6 Å². The van der Waals surface area contributed by atoms with Crippen molar-refractivity contribution >= 4 is 78.0 Å². The fourth-order valence-electron chi connectivity index (χ4n) is 8.11. The largest absolute Gasteiger partial charge is 0.397 e. The minimum Gasteiger partial charge on any atom is -0.397 e. The maximum absolute atomic E-state index is 14.0. The SMILES string of the molecule is CC.N/C1=C(\NCCCCCC(=O)NCCCCCCOP(O)O)c2ccccc2N(C(=O)CCC(=O)NCCNC(=O)CCCNC(=O)c2ccc(NCc3cnc4nc(N)[nH]c(=O)c4n3)cc2)Cc2ccccc21. The van der Waals surface area contributed by atoms with Gasteiger partial charge in [-0.15, -0.1) is 0 Å². The predicted octanol–water partition coefficient (Wildman–Crippen LogP) is 4.84. The van der Waals surface area contributed by atoms with Crippen LogP contribution in [0.2, 0.25) is 0 Å². The number of para-hydroxylation sites is 1. The van der Waals surface area contributed by atoms with Crippen molar-refractivity contribution in [2.24, 2.45) is 5.73 Å². The molecule has 0 unspecified atom stereocenters. The number of aromatic amines is 1. The van der Waals surface area contributed by atoms with Crippen molar-refractivity contribution < 1.29 is 38.3 Å². The van der Waals surface area contributed by atoms with Crippen molar-refractivity contribution in [3.63, 3.8) is 0 Å². The number of nitrogens with one attached hydrogen (secondary N) is 7. The molecule has 2 aromatic heterocycles. The number of nitrogens with zero attached hydrogens (tertiary/aromatic N) is 4. The highest BCUT2D eigenvalue weighted by molar-refractivity contribution is 7.39. The number of rotatable bonds is 29. The Labute approximate surface area is 443 Å². The Morgan fingerprint density at radius 3 is 2.07 bits per heavy atom. The Kier molecular flexibility index (Phi) is 25.0. The van der Waals surface area contributed by atoms with E-state index in [9.17, 15) is 28.8 Å². The van der Waals surface area contributed by atoms with Crippen LogP contribution in [0.5, 0.6) is 0 Å². The smallest absolute Gasteiger partial charge is 0.327 e. The van der Waals surface area contributed by atoms with Crippen LogP contribution in [0.4, 0.5) is 17.3 Å². The number of amides is 5. The molecule has 0 fully saturated rings. The third-order valence-electron chi connectivity index (χ3n) is 12.0. The van der Waals surface area contributed by atoms with E-state index in [-0.39, 0.29) is 98.6 Å². The standard InChI is InChI=1S/C51H66N13O9P.C2H6/c52-45-38-14-6-5-13-35(38)33-64(40-16-8-7-15-39(40)46(45)57-26-10-3-4-17-41(65)54-25-9-1-2-11-30-73-74(71)72)44(68)24-23-43(67)56-29-28-55-42(66)18-12-27-58-49(69)34-19-21-36(22-20-34)59-31-37-32-60-48-47(61-37)50(70)63-51(53)62-48;1-2/h5-8,13-16,19-22,32,57,59,71-72H,1-4,9-12,17-18,23-31,33,52H2,(H,54,65)(H,55,66)(H,56,67)(H,58,69)(H3,53,60,62,63,70);1-2H3/b46-45-;. The number of aromatic nitrogens is 4. The third-order valence-corrected chi connectivity index (χ3v) is 12.4. The van der Waals surface area contributed by atoms with E-state index in [2.05, 4.69) is 51.8 Å². The molecule has 408 valence electrons. The number of fused-ring (bicyclic) bond motifs is 3. The summed E-state index contributed by atoms with van der Waals surface area (Å²) in [6, 6.07) is 22.0. The molecule has 1 aliphatic rings. The first-order valence-electron chi connectivity index (χ1n) is 25.8. The summed E-state index contributed by atoms with van der Waals surface area (Å²) in [5.74, 6) is -1.11. The summed E-state index contributed by atoms with van der Waals surface area (Å²) in [4.78, 5) is 111. The minimum absolute atomic E-state index is 0.0143. The Morgan fingerprint density at radius 1 is 0.684 bits per heavy atom. The van der Waals surface area contributed by atoms with E-state index in [1.54, 1.807) is 29.2 Å². The van der Waals surface area contributed by atoms with Crippen LogP contribution in [0.3, 0.4) is 0 Å². The number of nitrogens with two attached hydrogens (primary N) is 2. The van der Waals surface area contributed by atoms with Gasteiger partial charge in [0.1, 0.15) is 0 Å². The van der Waals surface area contributed by atoms with Gasteiger partial charge in [0.05, 0.1) is 48.7 Å². The van der Waals surface area contributed by atoms with E-state index < -0.39 is 14.2 Å². The van der Waals surface area contributed by atoms with Crippen molar-refractivity contribution in [3.8, 4) is 0 Å². The van der Waals surface area contributed by atoms with Gasteiger partial charge in [-0.3, -0.25) is 33.8 Å². The molecule has 6 rings (SSSR count). The second-order valence-corrected chi connectivity index (χ2v) is 18.3. The van der Waals surface area contributed by atoms with Crippen LogP contribution < -0.4 is 53.8 Å². The molecule has 5 aromatic rings. The molecule has 3 heterocycles. The molecule has 3 aromatic carbocycles. The van der Waals surface area contributed by atoms with Crippen molar-refractivity contribution in [2.75, 3.05) is 55.3 Å². The molecule has 0 saturated heterocycles. The second kappa shape index (κ2) is 32.0. The molecule has 23 heteroatoms. The molecule has 0 saturated carbocycles. The monoisotopic (exact) mass is 1070 g/mol. The Morgan fingerprint density at radius 2 is 1.32 bits per heavy atom. The van der Waals surface area contributed by atoms with Crippen molar-refractivity contribution in [1.82, 2.24) is 46.5 Å². The van der Waals surface area contributed by atoms with Crippen molar-refractivity contribution in [1.29, 1.82) is 0 Å². The zero-order chi connectivity index (χ0) is 54.7. The first kappa shape index (κ1) is 59.4. The summed E-state index contributed by atoms with van der Waals surface area (Å²) < 4.78 is 4.76. The summed E-state index contributed by atoms with van der Waals surface area (Å²) >= 11 is 0. The number of H-pyrrole nitrogens is 1. The lowest BCUT2D eigenvalue weighted by molar-refractivity contribution is -0.125. The predicted molar refractivity (Wildman–Crippen MR) is 295 cm³/mol. The highest BCUT2D eigenvalue weighted by Crippen LogP contribution is 2.35. The number of benzene rings is 3. The molecule has 0 spiro atoms. The highest BCUT2D eigenvalue weighted by atomic mass is 31.2. The maximum atomic E-state index is 14.0. The van der Waals surface area contributed by atoms with Gasteiger partial charge < -0.3 is 62.6 Å². The summed E-state index contributed by atoms with van der Waals surface area (Å²) in [5.41, 5.74) is 18.2. The molecule has 5 amide bonds. The fourth-order valence-corrected chi connectivity index (χ4v) is 8.40. The van der Waals surface area contributed by atoms with Gasteiger partial charge in [0, 0.05) is 80.8 Å². The van der Waals surface area contributed by atoms with Gasteiger partial charge in [-0.25, -0.2) is 9.97 Å². The van der Waals surface area contributed by atoms with Crippen molar-refractivity contribution in [3.05, 3.63) is 117 Å². The van der Waals surface area contributed by atoms with Gasteiger partial charge in [-0.05, 0) is 68.0 Å². The summed E-state index contributed by atoms with van der Waals surface area (Å²) in [6.07, 6.45) is 8.09. The number of hydrogen-bond acceptors (Lipinski definition) is 16. The lowest BCUT2D eigenvalue weighted by Gasteiger charge is -2.30. The maximum Gasteiger partial charge on any atom is 0.327 e. The van der Waals surface area contributed by atoms with Gasteiger partial charge >= 0.3 is 8.60 Å². The zero-order valence-electron chi connectivity index (χ0n) is 43.3. The Bertz CT molecular complexity index is 2790. The molecule has 1 aliphatic heterocycles. The minimum atomic E-state index is -2.31. The van der Waals surface area contributed by atoms with E-state index in [0.717, 1.165) is 67.3 Å². The van der Waals surface area contributed by atoms with Gasteiger partial charge in [-0.2, -0.15) is 4.98 Å². The van der Waals surface area contributed by atoms with Crippen LogP contribution in [0.25, 0.3) is 22.6 Å². The van der Waals surface area contributed by atoms with E-state index in [1.807, 2.05) is 62.4 Å². The molecule has 13 N–H and O–H groups in total. The lowest BCUT2D eigenvalue weighted by atomic mass is 9.95. The summed E-state index contributed by atoms with van der Waals surface area (Å²) in [5, 5.41) is 18.0. The molecular weight excluding hydrogens is 994 g/mol. The van der Waals surface area contributed by atoms with Crippen LogP contribution in [-0.4, -0.2) is 98.6 Å². The molecule has 0 aliphatic carbocycles. The lowest BCUT2D eigenvalue weighted by Crippen LogP contribution is -2.36. The van der Waals surface area contributed by atoms with Crippen LogP contribution >= 0.6 is 8.60 Å². The van der Waals surface area contributed by atoms with Crippen LogP contribution in [0.15, 0.2) is 83.8 Å². The third kappa shape index (κ3) is 19.3. The summed E-state index contributed by atoms with van der Waals surface area (Å²) in [6.45, 7) is 6.66. The van der Waals surface area contributed by atoms with E-state index in [4.69, 9.17) is 25.8 Å². The molecule has 22 nitrogen and oxygen atoms in total. The number of carbonyl (C=O) groups is 5. The summed E-state index contributed by atoms with van der Waals surface area (Å²) in [7, 11) is -2.31. The van der Waals surface area contributed by atoms with E-state index in [0.29, 0.717) is 60.9 Å². The second-order valence-electron chi connectivity index (χ2n) is 17.5. The number of nitrogen functional groups attached to an aromatic ring is 1. The average Bonchev–Trinajstić information content (AvgIpc) is 3.42. The number of unbranched alkanes of at least 4 members (excludes halogenated alkanes) is 5. The molecule has 76 heavy (non-hydrogen) atoms. The quantitative estimate of drug-likeness (QED) is 0.0225. The van der Waals surface area contributed by atoms with Crippen LogP contribution in [-0.2, 0) is 36.8 Å². The topological polar surface area (TPSA) is 334 Å². The normalized spacial score (nSPS) is 12.8. The number of carbonyl (C=O) groups excluding carboxylic acids is 5. The molecule has 0 atom stereocenters. The number of anilines is 3. The average molecular weight is 1070 g/mol. The molecular formula is C53H72N13O9P. The van der Waals surface area contributed by atoms with E-state index >= 15 is 0 Å². The van der Waals surface area contributed by atoms with Gasteiger partial charge in [0.15, 0.2) is 11.2 Å². The first-order chi connectivity index (χ1) is 36.9. The van der Waals surface area contributed by atoms with Crippen molar-refractivity contribution in [2.45, 2.75) is 104 Å². The van der Waals surface area contributed by atoms with Gasteiger partial charge in [0.25, 0.3) is 11.5 Å². The highest BCUT2D eigenvalue weighted by Gasteiger charge is 2.26. The zero-order valence-corrected chi connectivity index (χ0v) is 44.2. The fraction of sp³-hybridized carbons (Fsp3) is 0.415. The van der Waals surface area contributed by atoms with Gasteiger partial charge in [0.2, 0.25) is 29.6 Å². The van der Waals surface area contributed by atoms with Crippen LogP contribution in [0.1, 0.15) is 124 Å². The van der Waals surface area contributed by atoms with E-state index in [1.165, 1.54) is 6.20 Å². The van der Waals surface area contributed by atoms with Crippen LogP contribution in [0, 0.1) is 0 Å². The first-order valence-corrected chi connectivity index (χ1v) is 27.0. The Hall–Kier alpha value is -7.52. The molecule has 0 radical (unpaired) electrons. The Balaban J connectivity index is 0.00000527.